The molecule has 1 aromatic carbocycles. The third kappa shape index (κ3) is 4.13. The summed E-state index contributed by atoms with van der Waals surface area (Å²) in [4.78, 5) is 22.8. The molecule has 0 aliphatic carbocycles. The number of carbonyl (C=O) groups is 2. The average molecular weight is 300 g/mol. The third-order valence-electron chi connectivity index (χ3n) is 3.09. The minimum atomic E-state index is -1.28. The Morgan fingerprint density at radius 2 is 2.10 bits per heavy atom. The second-order valence-corrected chi connectivity index (χ2v) is 5.15. The molecule has 5 nitrogen and oxygen atoms in total. The van der Waals surface area contributed by atoms with Crippen molar-refractivity contribution in [2.24, 2.45) is 0 Å². The van der Waals surface area contributed by atoms with E-state index in [1.165, 1.54) is 6.92 Å². The lowest BCUT2D eigenvalue weighted by Crippen LogP contribution is -2.53. The van der Waals surface area contributed by atoms with Crippen molar-refractivity contribution in [2.45, 2.75) is 32.7 Å². The molecule has 20 heavy (non-hydrogen) atoms. The minimum Gasteiger partial charge on any atom is -0.484 e. The number of aryl methyl sites for hydroxylation is 1. The molecule has 0 bridgehead atoms. The molecular weight excluding hydrogens is 282 g/mol. The van der Waals surface area contributed by atoms with Gasteiger partial charge in [0, 0.05) is 5.02 Å². The Labute approximate surface area is 122 Å². The van der Waals surface area contributed by atoms with E-state index < -0.39 is 17.4 Å². The van der Waals surface area contributed by atoms with Crippen LogP contribution in [-0.2, 0) is 9.59 Å². The number of aliphatic carboxylic acids is 1. The second-order valence-electron chi connectivity index (χ2n) is 4.74. The Kier molecular flexibility index (Phi) is 5.39. The Hall–Kier alpha value is -1.75. The molecule has 0 aliphatic heterocycles. The van der Waals surface area contributed by atoms with Crippen LogP contribution in [0.3, 0.4) is 0 Å². The molecule has 1 atom stereocenters. The lowest BCUT2D eigenvalue weighted by Gasteiger charge is -2.24. The first-order chi connectivity index (χ1) is 9.28. The van der Waals surface area contributed by atoms with Gasteiger partial charge in [-0.3, -0.25) is 4.79 Å². The molecule has 1 rings (SSSR count). The highest BCUT2D eigenvalue weighted by atomic mass is 35.5. The Morgan fingerprint density at radius 3 is 2.60 bits per heavy atom. The smallest absolute Gasteiger partial charge is 0.329 e. The van der Waals surface area contributed by atoms with Crippen LogP contribution >= 0.6 is 11.6 Å². The fourth-order valence-electron chi connectivity index (χ4n) is 1.49. The van der Waals surface area contributed by atoms with Crippen LogP contribution in [0.15, 0.2) is 18.2 Å². The maximum Gasteiger partial charge on any atom is 0.329 e. The van der Waals surface area contributed by atoms with E-state index in [1.54, 1.807) is 25.1 Å². The number of rotatable bonds is 6. The fraction of sp³-hybridized carbons (Fsp3) is 0.429. The van der Waals surface area contributed by atoms with Crippen molar-refractivity contribution in [2.75, 3.05) is 6.61 Å². The molecule has 0 spiro atoms. The van der Waals surface area contributed by atoms with Crippen LogP contribution in [0.4, 0.5) is 0 Å². The maximum atomic E-state index is 11.7. The summed E-state index contributed by atoms with van der Waals surface area (Å²) in [5, 5.41) is 12.1. The van der Waals surface area contributed by atoms with Crippen LogP contribution in [-0.4, -0.2) is 29.1 Å². The van der Waals surface area contributed by atoms with Crippen molar-refractivity contribution in [1.29, 1.82) is 0 Å². The van der Waals surface area contributed by atoms with Gasteiger partial charge in [0.05, 0.1) is 0 Å². The largest absolute Gasteiger partial charge is 0.484 e. The number of carboxylic acid groups (broad SMARTS) is 1. The Morgan fingerprint density at radius 1 is 1.45 bits per heavy atom. The number of hydrogen-bond acceptors (Lipinski definition) is 3. The van der Waals surface area contributed by atoms with Crippen LogP contribution < -0.4 is 10.1 Å². The first-order valence-electron chi connectivity index (χ1n) is 6.22. The predicted molar refractivity (Wildman–Crippen MR) is 76.2 cm³/mol. The van der Waals surface area contributed by atoms with Crippen LogP contribution in [0, 0.1) is 6.92 Å². The van der Waals surface area contributed by atoms with E-state index in [0.29, 0.717) is 10.8 Å². The van der Waals surface area contributed by atoms with Gasteiger partial charge in [0.1, 0.15) is 11.3 Å². The standard InChI is InChI=1S/C14H18ClNO4/c1-4-14(3,13(18)19)16-12(17)8-20-10-5-6-11(15)9(2)7-10/h5-7H,4,8H2,1-3H3,(H,16,17)(H,18,19). The summed E-state index contributed by atoms with van der Waals surface area (Å²) in [5.74, 6) is -1.05. The monoisotopic (exact) mass is 299 g/mol. The average Bonchev–Trinajstić information content (AvgIpc) is 2.39. The predicted octanol–water partition coefficient (Wildman–Crippen LogP) is 2.40. The van der Waals surface area contributed by atoms with Crippen LogP contribution in [0.25, 0.3) is 0 Å². The van der Waals surface area contributed by atoms with E-state index in [9.17, 15) is 9.59 Å². The van der Waals surface area contributed by atoms with Crippen molar-refractivity contribution in [3.05, 3.63) is 28.8 Å². The highest BCUT2D eigenvalue weighted by molar-refractivity contribution is 6.31. The fourth-order valence-corrected chi connectivity index (χ4v) is 1.61. The molecule has 0 saturated carbocycles. The summed E-state index contributed by atoms with van der Waals surface area (Å²) in [6.45, 7) is 4.73. The summed E-state index contributed by atoms with van der Waals surface area (Å²) >= 11 is 5.88. The topological polar surface area (TPSA) is 75.6 Å². The third-order valence-corrected chi connectivity index (χ3v) is 3.52. The van der Waals surface area contributed by atoms with E-state index >= 15 is 0 Å². The molecule has 6 heteroatoms. The summed E-state index contributed by atoms with van der Waals surface area (Å²) < 4.78 is 5.31. The zero-order valence-electron chi connectivity index (χ0n) is 11.7. The van der Waals surface area contributed by atoms with Gasteiger partial charge in [0.15, 0.2) is 6.61 Å². The molecule has 0 aliphatic rings. The quantitative estimate of drug-likeness (QED) is 0.846. The summed E-state index contributed by atoms with van der Waals surface area (Å²) in [5.41, 5.74) is -0.440. The van der Waals surface area contributed by atoms with E-state index in [1.807, 2.05) is 6.92 Å². The molecule has 0 fully saturated rings. The molecule has 1 aromatic rings. The first kappa shape index (κ1) is 16.3. The summed E-state index contributed by atoms with van der Waals surface area (Å²) in [6, 6.07) is 5.04. The number of nitrogens with one attached hydrogen (secondary N) is 1. The van der Waals surface area contributed by atoms with E-state index in [2.05, 4.69) is 5.32 Å². The second kappa shape index (κ2) is 6.61. The van der Waals surface area contributed by atoms with E-state index in [0.717, 1.165) is 5.56 Å². The van der Waals surface area contributed by atoms with Gasteiger partial charge in [-0.15, -0.1) is 0 Å². The zero-order valence-corrected chi connectivity index (χ0v) is 12.5. The van der Waals surface area contributed by atoms with Crippen molar-refractivity contribution in [3.63, 3.8) is 0 Å². The zero-order chi connectivity index (χ0) is 15.3. The van der Waals surface area contributed by atoms with Crippen LogP contribution in [0.2, 0.25) is 5.02 Å². The maximum absolute atomic E-state index is 11.7. The van der Waals surface area contributed by atoms with Crippen molar-refractivity contribution < 1.29 is 19.4 Å². The highest BCUT2D eigenvalue weighted by Crippen LogP contribution is 2.21. The van der Waals surface area contributed by atoms with Gasteiger partial charge in [-0.05, 0) is 44.0 Å². The van der Waals surface area contributed by atoms with Gasteiger partial charge in [0.25, 0.3) is 5.91 Å². The first-order valence-corrected chi connectivity index (χ1v) is 6.59. The van der Waals surface area contributed by atoms with Crippen molar-refractivity contribution >= 4 is 23.5 Å². The normalized spacial score (nSPS) is 13.4. The SMILES string of the molecule is CCC(C)(NC(=O)COc1ccc(Cl)c(C)c1)C(=O)O. The molecule has 0 aromatic heterocycles. The highest BCUT2D eigenvalue weighted by Gasteiger charge is 2.32. The Balaban J connectivity index is 2.59. The van der Waals surface area contributed by atoms with E-state index in [4.69, 9.17) is 21.4 Å². The molecular formula is C14H18ClNO4. The number of amides is 1. The van der Waals surface area contributed by atoms with Gasteiger partial charge >= 0.3 is 5.97 Å². The van der Waals surface area contributed by atoms with E-state index in [-0.39, 0.29) is 13.0 Å². The Bertz CT molecular complexity index is 518. The van der Waals surface area contributed by atoms with Gasteiger partial charge in [0.2, 0.25) is 0 Å². The molecule has 0 heterocycles. The molecule has 1 amide bonds. The molecule has 1 unspecified atom stereocenters. The number of benzene rings is 1. The molecule has 2 N–H and O–H groups in total. The number of hydrogen-bond donors (Lipinski definition) is 2. The number of carboxylic acids is 1. The molecule has 110 valence electrons. The minimum absolute atomic E-state index is 0.246. The number of ether oxygens (including phenoxy) is 1. The van der Waals surface area contributed by atoms with Gasteiger partial charge in [-0.2, -0.15) is 0 Å². The summed E-state index contributed by atoms with van der Waals surface area (Å²) in [6.07, 6.45) is 0.286. The van der Waals surface area contributed by atoms with Crippen LogP contribution in [0.1, 0.15) is 25.8 Å². The number of halogens is 1. The molecule has 0 radical (unpaired) electrons. The lowest BCUT2D eigenvalue weighted by molar-refractivity contribution is -0.147. The number of carbonyl (C=O) groups excluding carboxylic acids is 1. The molecule has 0 saturated heterocycles. The van der Waals surface area contributed by atoms with Gasteiger partial charge in [-0.1, -0.05) is 18.5 Å². The van der Waals surface area contributed by atoms with Gasteiger partial charge < -0.3 is 15.2 Å². The lowest BCUT2D eigenvalue weighted by atomic mass is 9.99. The van der Waals surface area contributed by atoms with Gasteiger partial charge in [-0.25, -0.2) is 4.79 Å². The van der Waals surface area contributed by atoms with Crippen molar-refractivity contribution in [1.82, 2.24) is 5.32 Å². The van der Waals surface area contributed by atoms with Crippen LogP contribution in [0.5, 0.6) is 5.75 Å². The van der Waals surface area contributed by atoms with Crippen molar-refractivity contribution in [3.8, 4) is 5.75 Å². The summed E-state index contributed by atoms with van der Waals surface area (Å²) in [7, 11) is 0.